The van der Waals surface area contributed by atoms with Crippen molar-refractivity contribution in [2.45, 2.75) is 12.1 Å². The largest absolute Gasteiger partial charge is 0.405 e. The van der Waals surface area contributed by atoms with E-state index in [0.717, 1.165) is 0 Å². The molecule has 0 amide bonds. The Morgan fingerprint density at radius 1 is 1.00 bits per heavy atom. The van der Waals surface area contributed by atoms with Gasteiger partial charge in [-0.15, -0.1) is 0 Å². The Bertz CT molecular complexity index is 87.2. The van der Waals surface area contributed by atoms with Crippen molar-refractivity contribution in [3.63, 3.8) is 0 Å². The van der Waals surface area contributed by atoms with Crippen LogP contribution in [0.5, 0.6) is 0 Å². The van der Waals surface area contributed by atoms with Gasteiger partial charge in [0.2, 0.25) is 0 Å². The molecule has 0 bridgehead atoms. The Kier molecular flexibility index (Phi) is 6.73. The lowest BCUT2D eigenvalue weighted by atomic mass is 10.7. The lowest BCUT2D eigenvalue weighted by Crippen LogP contribution is -1.86. The Balaban J connectivity index is 2.91. The predicted octanol–water partition coefficient (Wildman–Crippen LogP) is -0.0634. The van der Waals surface area contributed by atoms with E-state index in [1.54, 1.807) is 12.4 Å². The van der Waals surface area contributed by atoms with Crippen LogP contribution in [-0.2, 0) is 0 Å². The highest BCUT2D eigenvalue weighted by Gasteiger charge is 1.78. The molecule has 0 saturated carbocycles. The van der Waals surface area contributed by atoms with Crippen molar-refractivity contribution in [2.75, 3.05) is 0 Å². The Morgan fingerprint density at radius 2 is 1.44 bits per heavy atom. The van der Waals surface area contributed by atoms with Gasteiger partial charge < -0.3 is 11.5 Å². The summed E-state index contributed by atoms with van der Waals surface area (Å²) in [5.41, 5.74) is 10.3. The number of nitrogens with two attached hydrogens (primary N) is 2. The van der Waals surface area contributed by atoms with Gasteiger partial charge in [0, 0.05) is 9.52 Å². The summed E-state index contributed by atoms with van der Waals surface area (Å²) in [6.45, 7) is 0. The third kappa shape index (κ3) is 7.30. The van der Waals surface area contributed by atoms with Crippen LogP contribution in [0.2, 0.25) is 12.1 Å². The van der Waals surface area contributed by atoms with Crippen LogP contribution in [-0.4, -0.2) is 9.52 Å². The Hall–Kier alpha value is -0.703. The zero-order valence-electron chi connectivity index (χ0n) is 5.59. The summed E-state index contributed by atoms with van der Waals surface area (Å²) in [5, 5.41) is 0. The van der Waals surface area contributed by atoms with E-state index in [0.29, 0.717) is 0 Å². The highest BCUT2D eigenvalue weighted by Crippen LogP contribution is 1.86. The van der Waals surface area contributed by atoms with Crippen molar-refractivity contribution in [2.24, 2.45) is 11.5 Å². The van der Waals surface area contributed by atoms with Crippen LogP contribution in [0.4, 0.5) is 0 Å². The van der Waals surface area contributed by atoms with E-state index in [1.807, 2.05) is 12.2 Å². The second-order valence-corrected chi connectivity index (χ2v) is 3.65. The van der Waals surface area contributed by atoms with E-state index < -0.39 is 0 Å². The summed E-state index contributed by atoms with van der Waals surface area (Å²) in [4.78, 5) is 0. The van der Waals surface area contributed by atoms with Gasteiger partial charge in [-0.1, -0.05) is 12.2 Å². The van der Waals surface area contributed by atoms with Crippen LogP contribution < -0.4 is 11.5 Å². The molecular formula is C6H14N2Si. The Morgan fingerprint density at radius 3 is 1.78 bits per heavy atom. The Labute approximate surface area is 58.4 Å². The topological polar surface area (TPSA) is 52.0 Å². The summed E-state index contributed by atoms with van der Waals surface area (Å²) in [6.07, 6.45) is 7.24. The highest BCUT2D eigenvalue weighted by atomic mass is 28.2. The maximum atomic E-state index is 5.14. The van der Waals surface area contributed by atoms with Gasteiger partial charge >= 0.3 is 0 Å². The van der Waals surface area contributed by atoms with Crippen LogP contribution in [0.15, 0.2) is 24.6 Å². The van der Waals surface area contributed by atoms with Gasteiger partial charge in [-0.2, -0.15) is 0 Å². The molecule has 0 heterocycles. The van der Waals surface area contributed by atoms with Crippen LogP contribution in [0.25, 0.3) is 0 Å². The molecule has 0 fully saturated rings. The summed E-state index contributed by atoms with van der Waals surface area (Å²) >= 11 is 0. The van der Waals surface area contributed by atoms with E-state index in [1.165, 1.54) is 12.1 Å². The third-order valence-electron chi connectivity index (χ3n) is 1.01. The van der Waals surface area contributed by atoms with Crippen molar-refractivity contribution in [1.82, 2.24) is 0 Å². The molecule has 0 aromatic heterocycles. The number of rotatable bonds is 4. The molecule has 0 spiro atoms. The smallest absolute Gasteiger partial charge is 0.0282 e. The van der Waals surface area contributed by atoms with E-state index in [9.17, 15) is 0 Å². The first-order valence-corrected chi connectivity index (χ1v) is 5.15. The zero-order chi connectivity index (χ0) is 6.95. The quantitative estimate of drug-likeness (QED) is 0.427. The molecule has 0 aliphatic heterocycles. The summed E-state index contributed by atoms with van der Waals surface area (Å²) in [5.74, 6) is 0. The van der Waals surface area contributed by atoms with Gasteiger partial charge in [-0.05, 0) is 24.5 Å². The minimum Gasteiger partial charge on any atom is -0.405 e. The van der Waals surface area contributed by atoms with Crippen molar-refractivity contribution in [3.05, 3.63) is 24.6 Å². The molecule has 0 saturated heterocycles. The second kappa shape index (κ2) is 7.30. The fourth-order valence-electron chi connectivity index (χ4n) is 0.546. The minimum absolute atomic E-state index is 0.0557. The van der Waals surface area contributed by atoms with E-state index in [2.05, 4.69) is 0 Å². The average molecular weight is 142 g/mol. The van der Waals surface area contributed by atoms with Crippen molar-refractivity contribution < 1.29 is 0 Å². The molecule has 52 valence electrons. The molecule has 9 heavy (non-hydrogen) atoms. The molecule has 4 N–H and O–H groups in total. The molecule has 0 aliphatic carbocycles. The van der Waals surface area contributed by atoms with Gasteiger partial charge in [0.05, 0.1) is 0 Å². The molecule has 0 aromatic carbocycles. The summed E-state index contributed by atoms with van der Waals surface area (Å²) in [7, 11) is 0.0557. The zero-order valence-corrected chi connectivity index (χ0v) is 7.00. The minimum atomic E-state index is 0.0557. The lowest BCUT2D eigenvalue weighted by Gasteiger charge is -1.85. The van der Waals surface area contributed by atoms with Crippen LogP contribution in [0, 0.1) is 0 Å². The van der Waals surface area contributed by atoms with E-state index >= 15 is 0 Å². The van der Waals surface area contributed by atoms with Crippen molar-refractivity contribution >= 4 is 9.52 Å². The molecule has 0 rings (SSSR count). The van der Waals surface area contributed by atoms with E-state index in [-0.39, 0.29) is 9.52 Å². The van der Waals surface area contributed by atoms with Crippen LogP contribution in [0.1, 0.15) is 0 Å². The lowest BCUT2D eigenvalue weighted by molar-refractivity contribution is 1.49. The van der Waals surface area contributed by atoms with Gasteiger partial charge in [0.25, 0.3) is 0 Å². The van der Waals surface area contributed by atoms with Gasteiger partial charge in [-0.3, -0.25) is 0 Å². The molecule has 0 unspecified atom stereocenters. The maximum Gasteiger partial charge on any atom is 0.0282 e. The summed E-state index contributed by atoms with van der Waals surface area (Å²) in [6, 6.07) is 2.36. The highest BCUT2D eigenvalue weighted by molar-refractivity contribution is 6.36. The van der Waals surface area contributed by atoms with Gasteiger partial charge in [0.15, 0.2) is 0 Å². The summed E-state index contributed by atoms with van der Waals surface area (Å²) < 4.78 is 0. The number of hydrogen-bond donors (Lipinski definition) is 2. The molecule has 0 radical (unpaired) electrons. The fraction of sp³-hybridized carbons (Fsp3) is 0.333. The second-order valence-electron chi connectivity index (χ2n) is 1.79. The first kappa shape index (κ1) is 8.30. The van der Waals surface area contributed by atoms with Gasteiger partial charge in [-0.25, -0.2) is 0 Å². The van der Waals surface area contributed by atoms with Crippen molar-refractivity contribution in [1.29, 1.82) is 0 Å². The molecule has 0 aliphatic rings. The molecule has 2 nitrogen and oxygen atoms in total. The molecular weight excluding hydrogens is 128 g/mol. The van der Waals surface area contributed by atoms with Crippen LogP contribution >= 0.6 is 0 Å². The SMILES string of the molecule is NC=CC[SiH2]CC=CN. The van der Waals surface area contributed by atoms with Gasteiger partial charge in [0.1, 0.15) is 0 Å². The van der Waals surface area contributed by atoms with E-state index in [4.69, 9.17) is 11.5 Å². The monoisotopic (exact) mass is 142 g/mol. The third-order valence-corrected chi connectivity index (χ3v) is 2.50. The average Bonchev–Trinajstić information content (AvgIpc) is 1.89. The first-order valence-electron chi connectivity index (χ1n) is 3.15. The normalized spacial score (nSPS) is 12.9. The molecule has 0 atom stereocenters. The fourth-order valence-corrected chi connectivity index (χ4v) is 1.64. The number of hydrogen-bond acceptors (Lipinski definition) is 2. The first-order chi connectivity index (χ1) is 4.41. The van der Waals surface area contributed by atoms with Crippen LogP contribution in [0.3, 0.4) is 0 Å². The number of allylic oxidation sites excluding steroid dienone is 2. The van der Waals surface area contributed by atoms with Crippen molar-refractivity contribution in [3.8, 4) is 0 Å². The standard InChI is InChI=1S/C6H14N2Si/c7-3-1-5-9-6-2-4-8/h1-4H,5-9H2. The molecule has 3 heteroatoms. The molecule has 0 aromatic rings. The maximum absolute atomic E-state index is 5.14. The predicted molar refractivity (Wildman–Crippen MR) is 44.8 cm³/mol.